The summed E-state index contributed by atoms with van der Waals surface area (Å²) in [5, 5.41) is 5.85. The van der Waals surface area contributed by atoms with Crippen LogP contribution >= 0.6 is 11.6 Å². The van der Waals surface area contributed by atoms with Crippen molar-refractivity contribution in [2.24, 2.45) is 12.0 Å². The summed E-state index contributed by atoms with van der Waals surface area (Å²) < 4.78 is 7.19. The molecule has 2 aromatic carbocycles. The number of methoxy groups -OCH3 is 1. The summed E-state index contributed by atoms with van der Waals surface area (Å²) in [7, 11) is 3.20. The molecule has 13 nitrogen and oxygen atoms in total. The van der Waals surface area contributed by atoms with E-state index >= 15 is 0 Å². The number of amides is 4. The number of aliphatic imine (C=N–C) groups is 1. The summed E-state index contributed by atoms with van der Waals surface area (Å²) in [5.41, 5.74) is 5.13. The largest absolute Gasteiger partial charge is 0.496 e. The molecule has 0 aliphatic carbocycles. The molecule has 52 heavy (non-hydrogen) atoms. The average Bonchev–Trinajstić information content (AvgIpc) is 3.65. The zero-order valence-electron chi connectivity index (χ0n) is 29.3. The molecule has 0 radical (unpaired) electrons. The minimum Gasteiger partial charge on any atom is -0.496 e. The minimum absolute atomic E-state index is 0.0581. The van der Waals surface area contributed by atoms with E-state index in [4.69, 9.17) is 16.3 Å². The van der Waals surface area contributed by atoms with Gasteiger partial charge in [0.25, 0.3) is 11.5 Å². The third kappa shape index (κ3) is 7.20. The van der Waals surface area contributed by atoms with Crippen LogP contribution in [-0.2, 0) is 28.0 Å². The molecule has 5 heterocycles. The highest BCUT2D eigenvalue weighted by Crippen LogP contribution is 2.36. The lowest BCUT2D eigenvalue weighted by molar-refractivity contribution is -0.135. The molecular weight excluding hydrogens is 686 g/mol. The second-order valence-corrected chi connectivity index (χ2v) is 14.3. The molecule has 4 aliphatic rings. The Labute approximate surface area is 306 Å². The van der Waals surface area contributed by atoms with Crippen LogP contribution < -0.4 is 20.9 Å². The Morgan fingerprint density at radius 3 is 2.38 bits per heavy atom. The first kappa shape index (κ1) is 35.4. The molecule has 2 N–H and O–H groups in total. The predicted molar refractivity (Wildman–Crippen MR) is 197 cm³/mol. The molecule has 0 bridgehead atoms. The van der Waals surface area contributed by atoms with Crippen LogP contribution in [-0.4, -0.2) is 108 Å². The predicted octanol–water partition coefficient (Wildman–Crippen LogP) is 3.03. The summed E-state index contributed by atoms with van der Waals surface area (Å²) in [6, 6.07) is 11.2. The molecule has 4 amide bonds. The Hall–Kier alpha value is -5.01. The number of aryl methyl sites for hydroxylation is 1. The van der Waals surface area contributed by atoms with Crippen molar-refractivity contribution in [2.45, 2.75) is 44.2 Å². The molecule has 0 saturated carbocycles. The Bertz CT molecular complexity index is 2000. The number of nitrogens with one attached hydrogen (secondary N) is 2. The van der Waals surface area contributed by atoms with Gasteiger partial charge in [0, 0.05) is 74.4 Å². The van der Waals surface area contributed by atoms with Crippen molar-refractivity contribution in [1.82, 2.24) is 24.6 Å². The van der Waals surface area contributed by atoms with Gasteiger partial charge in [-0.25, -0.2) is 0 Å². The molecule has 1 aromatic heterocycles. The van der Waals surface area contributed by atoms with E-state index in [2.05, 4.69) is 32.7 Å². The van der Waals surface area contributed by atoms with Crippen LogP contribution in [0.3, 0.4) is 0 Å². The van der Waals surface area contributed by atoms with Gasteiger partial charge in [0.15, 0.2) is 0 Å². The fourth-order valence-corrected chi connectivity index (χ4v) is 7.88. The molecular formula is C38H42ClN7O6. The maximum Gasteiger partial charge on any atom is 0.259 e. The van der Waals surface area contributed by atoms with Crippen molar-refractivity contribution in [3.8, 4) is 16.9 Å². The van der Waals surface area contributed by atoms with Crippen molar-refractivity contribution < 1.29 is 23.9 Å². The standard InChI is InChI=1S/C38H42ClN7O6/c1-43-21-29(27-19-40-20-28(27)37(43)50)25-17-30(39)35(32(18-25)52-2)38(51)46-15-13-45(14-16-46)34(48)22-44-11-9-24(10-12-44)23-3-5-26(6-4-23)41-31-7-8-33(47)42-36(31)49/h3-6,17-19,21,24,31,41H,7-16,20,22H2,1-2H3,(H,42,47,49). The van der Waals surface area contributed by atoms with Crippen LogP contribution in [0.2, 0.25) is 5.02 Å². The van der Waals surface area contributed by atoms with Gasteiger partial charge in [0.1, 0.15) is 17.4 Å². The van der Waals surface area contributed by atoms with Crippen LogP contribution in [0, 0.1) is 0 Å². The smallest absolute Gasteiger partial charge is 0.259 e. The number of aromatic nitrogens is 1. The first-order valence-electron chi connectivity index (χ1n) is 17.7. The first-order valence-corrected chi connectivity index (χ1v) is 18.1. The van der Waals surface area contributed by atoms with E-state index in [1.54, 1.807) is 36.5 Å². The summed E-state index contributed by atoms with van der Waals surface area (Å²) in [5.74, 6) is 0.0132. The summed E-state index contributed by atoms with van der Waals surface area (Å²) in [6.07, 6.45) is 6.14. The van der Waals surface area contributed by atoms with Crippen LogP contribution in [0.25, 0.3) is 11.1 Å². The summed E-state index contributed by atoms with van der Waals surface area (Å²) >= 11 is 6.76. The number of ether oxygens (including phenoxy) is 1. The molecule has 3 aromatic rings. The number of imide groups is 1. The van der Waals surface area contributed by atoms with E-state index in [1.165, 1.54) is 17.2 Å². The number of fused-ring (bicyclic) bond motifs is 1. The van der Waals surface area contributed by atoms with E-state index < -0.39 is 6.04 Å². The summed E-state index contributed by atoms with van der Waals surface area (Å²) in [4.78, 5) is 73.2. The van der Waals surface area contributed by atoms with Gasteiger partial charge in [-0.3, -0.25) is 39.2 Å². The highest BCUT2D eigenvalue weighted by Gasteiger charge is 2.31. The molecule has 3 saturated heterocycles. The van der Waals surface area contributed by atoms with Crippen LogP contribution in [0.15, 0.2) is 52.4 Å². The Balaban J connectivity index is 0.904. The maximum absolute atomic E-state index is 13.8. The topological polar surface area (TPSA) is 146 Å². The molecule has 14 heteroatoms. The molecule has 0 spiro atoms. The SMILES string of the molecule is COc1cc(-c2cn(C)c(=O)c3c2C=NC3)cc(Cl)c1C(=O)N1CCN(C(=O)CN2CCC(c3ccc(NC4CCC(=O)NC4=O)cc3)CC2)CC1. The molecule has 1 atom stereocenters. The van der Waals surface area contributed by atoms with Gasteiger partial charge < -0.3 is 24.4 Å². The van der Waals surface area contributed by atoms with Gasteiger partial charge in [-0.05, 0) is 73.7 Å². The Morgan fingerprint density at radius 1 is 0.981 bits per heavy atom. The van der Waals surface area contributed by atoms with Crippen LogP contribution in [0.5, 0.6) is 5.75 Å². The normalized spacial score (nSPS) is 19.4. The zero-order chi connectivity index (χ0) is 36.5. The number of pyridine rings is 1. The van der Waals surface area contributed by atoms with Gasteiger partial charge in [-0.2, -0.15) is 0 Å². The Kier molecular flexibility index (Phi) is 10.2. The second-order valence-electron chi connectivity index (χ2n) is 13.8. The lowest BCUT2D eigenvalue weighted by Crippen LogP contribution is -2.53. The van der Waals surface area contributed by atoms with Gasteiger partial charge in [-0.1, -0.05) is 23.7 Å². The van der Waals surface area contributed by atoms with E-state index in [1.807, 2.05) is 17.0 Å². The number of carbonyl (C=O) groups excluding carboxylic acids is 4. The molecule has 3 fully saturated rings. The quantitative estimate of drug-likeness (QED) is 0.337. The third-order valence-corrected chi connectivity index (χ3v) is 10.9. The minimum atomic E-state index is -0.412. The van der Waals surface area contributed by atoms with E-state index in [9.17, 15) is 24.0 Å². The number of piperazine rings is 1. The van der Waals surface area contributed by atoms with Crippen molar-refractivity contribution in [3.63, 3.8) is 0 Å². The highest BCUT2D eigenvalue weighted by molar-refractivity contribution is 6.34. The van der Waals surface area contributed by atoms with Crippen molar-refractivity contribution in [1.29, 1.82) is 0 Å². The van der Waals surface area contributed by atoms with E-state index in [0.717, 1.165) is 48.3 Å². The number of hydrogen-bond donors (Lipinski definition) is 2. The number of anilines is 1. The maximum atomic E-state index is 13.8. The average molecular weight is 728 g/mol. The van der Waals surface area contributed by atoms with Gasteiger partial charge >= 0.3 is 0 Å². The number of nitrogens with zero attached hydrogens (tertiary/aromatic N) is 5. The lowest BCUT2D eigenvalue weighted by Gasteiger charge is -2.37. The Morgan fingerprint density at radius 2 is 1.69 bits per heavy atom. The number of benzene rings is 2. The van der Waals surface area contributed by atoms with Crippen molar-refractivity contribution in [2.75, 3.05) is 58.2 Å². The summed E-state index contributed by atoms with van der Waals surface area (Å²) in [6.45, 7) is 3.93. The number of hydrogen-bond acceptors (Lipinski definition) is 9. The molecule has 7 rings (SSSR count). The van der Waals surface area contributed by atoms with Crippen molar-refractivity contribution >= 4 is 47.1 Å². The lowest BCUT2D eigenvalue weighted by atomic mass is 9.89. The monoisotopic (exact) mass is 727 g/mol. The fourth-order valence-electron chi connectivity index (χ4n) is 7.59. The van der Waals surface area contributed by atoms with Crippen LogP contribution in [0.1, 0.15) is 58.6 Å². The molecule has 272 valence electrons. The fraction of sp³-hybridized carbons (Fsp3) is 0.421. The van der Waals surface area contributed by atoms with E-state index in [-0.39, 0.29) is 39.8 Å². The van der Waals surface area contributed by atoms with Gasteiger partial charge in [-0.15, -0.1) is 0 Å². The second kappa shape index (κ2) is 14.9. The van der Waals surface area contributed by atoms with E-state index in [0.29, 0.717) is 69.3 Å². The molecule has 4 aliphatic heterocycles. The number of rotatable bonds is 8. The molecule has 1 unspecified atom stereocenters. The number of likely N-dealkylation sites (tertiary alicyclic amines) is 1. The number of carbonyl (C=O) groups is 4. The van der Waals surface area contributed by atoms with Crippen molar-refractivity contribution in [3.05, 3.63) is 80.2 Å². The first-order chi connectivity index (χ1) is 25.1. The highest BCUT2D eigenvalue weighted by atomic mass is 35.5. The number of piperidine rings is 2. The number of halogens is 1. The van der Waals surface area contributed by atoms with Gasteiger partial charge in [0.05, 0.1) is 25.2 Å². The zero-order valence-corrected chi connectivity index (χ0v) is 30.1. The third-order valence-electron chi connectivity index (χ3n) is 10.6. The van der Waals surface area contributed by atoms with Crippen LogP contribution in [0.4, 0.5) is 5.69 Å². The van der Waals surface area contributed by atoms with Gasteiger partial charge in [0.2, 0.25) is 17.7 Å².